The molecule has 1 fully saturated rings. The van der Waals surface area contributed by atoms with Crippen molar-refractivity contribution >= 4 is 23.3 Å². The number of aromatic nitrogens is 1. The van der Waals surface area contributed by atoms with E-state index in [1.165, 1.54) is 11.3 Å². The standard InChI is InChI=1S/C20H27N3O4S/c1-12-9-22(19(25)27-20(4,5)6)10-13(2)23(12)18(24)15-11-28-17(21-15)16-8-7-14(3)26-16/h7-8,11-13H,9-10H2,1-6H3. The van der Waals surface area contributed by atoms with Crippen molar-refractivity contribution in [3.8, 4) is 10.8 Å². The maximum absolute atomic E-state index is 13.1. The average Bonchev–Trinajstić information content (AvgIpc) is 3.21. The molecule has 0 N–H and O–H groups in total. The molecule has 2 atom stereocenters. The summed E-state index contributed by atoms with van der Waals surface area (Å²) in [7, 11) is 0. The van der Waals surface area contributed by atoms with Crippen molar-refractivity contribution in [2.75, 3.05) is 13.1 Å². The summed E-state index contributed by atoms with van der Waals surface area (Å²) in [6.45, 7) is 12.1. The van der Waals surface area contributed by atoms with Crippen LogP contribution < -0.4 is 0 Å². The molecule has 0 bridgehead atoms. The highest BCUT2D eigenvalue weighted by atomic mass is 32.1. The second-order valence-corrected chi connectivity index (χ2v) is 9.10. The number of carbonyl (C=O) groups is 2. The molecule has 3 heterocycles. The van der Waals surface area contributed by atoms with Gasteiger partial charge in [-0.3, -0.25) is 4.79 Å². The van der Waals surface area contributed by atoms with Crippen molar-refractivity contribution < 1.29 is 18.7 Å². The Morgan fingerprint density at radius 1 is 1.21 bits per heavy atom. The van der Waals surface area contributed by atoms with E-state index in [-0.39, 0.29) is 24.1 Å². The summed E-state index contributed by atoms with van der Waals surface area (Å²) in [5.74, 6) is 1.34. The van der Waals surface area contributed by atoms with Gasteiger partial charge in [0.15, 0.2) is 10.8 Å². The zero-order valence-electron chi connectivity index (χ0n) is 17.2. The first kappa shape index (κ1) is 20.4. The van der Waals surface area contributed by atoms with Crippen LogP contribution in [0.2, 0.25) is 0 Å². The molecule has 8 heteroatoms. The van der Waals surface area contributed by atoms with Gasteiger partial charge >= 0.3 is 6.09 Å². The molecule has 7 nitrogen and oxygen atoms in total. The van der Waals surface area contributed by atoms with E-state index in [9.17, 15) is 9.59 Å². The van der Waals surface area contributed by atoms with Gasteiger partial charge in [0.1, 0.15) is 17.1 Å². The summed E-state index contributed by atoms with van der Waals surface area (Å²) in [5.41, 5.74) is -0.143. The van der Waals surface area contributed by atoms with E-state index in [4.69, 9.17) is 9.15 Å². The molecule has 28 heavy (non-hydrogen) atoms. The summed E-state index contributed by atoms with van der Waals surface area (Å²) >= 11 is 1.39. The predicted octanol–water partition coefficient (Wildman–Crippen LogP) is 4.18. The zero-order valence-corrected chi connectivity index (χ0v) is 18.0. The summed E-state index contributed by atoms with van der Waals surface area (Å²) in [5, 5.41) is 2.44. The number of rotatable bonds is 2. The van der Waals surface area contributed by atoms with Crippen LogP contribution >= 0.6 is 11.3 Å². The number of nitrogens with zero attached hydrogens (tertiary/aromatic N) is 3. The first-order chi connectivity index (χ1) is 13.0. The van der Waals surface area contributed by atoms with Gasteiger partial charge in [-0.1, -0.05) is 0 Å². The van der Waals surface area contributed by atoms with Crippen LogP contribution in [-0.4, -0.2) is 57.6 Å². The minimum Gasteiger partial charge on any atom is -0.459 e. The molecular weight excluding hydrogens is 378 g/mol. The van der Waals surface area contributed by atoms with E-state index < -0.39 is 5.60 Å². The van der Waals surface area contributed by atoms with Crippen LogP contribution in [0.5, 0.6) is 0 Å². The molecule has 0 radical (unpaired) electrons. The number of ether oxygens (including phenoxy) is 1. The van der Waals surface area contributed by atoms with Crippen LogP contribution in [-0.2, 0) is 4.74 Å². The zero-order chi connectivity index (χ0) is 20.6. The van der Waals surface area contributed by atoms with Gasteiger partial charge in [-0.15, -0.1) is 11.3 Å². The number of piperazine rings is 1. The Labute approximate surface area is 169 Å². The van der Waals surface area contributed by atoms with Gasteiger partial charge in [0, 0.05) is 30.6 Å². The van der Waals surface area contributed by atoms with Gasteiger partial charge in [-0.2, -0.15) is 0 Å². The maximum atomic E-state index is 13.1. The molecular formula is C20H27N3O4S. The van der Waals surface area contributed by atoms with Gasteiger partial charge in [0.2, 0.25) is 0 Å². The van der Waals surface area contributed by atoms with Crippen LogP contribution in [0.25, 0.3) is 10.8 Å². The third kappa shape index (κ3) is 4.38. The fourth-order valence-electron chi connectivity index (χ4n) is 3.37. The molecule has 2 amide bonds. The molecule has 2 aromatic heterocycles. The highest BCUT2D eigenvalue weighted by Gasteiger charge is 2.37. The third-order valence-corrected chi connectivity index (χ3v) is 5.34. The maximum Gasteiger partial charge on any atom is 0.410 e. The van der Waals surface area contributed by atoms with Gasteiger partial charge in [-0.25, -0.2) is 9.78 Å². The molecule has 0 aliphatic carbocycles. The molecule has 0 spiro atoms. The third-order valence-electron chi connectivity index (χ3n) is 4.48. The second-order valence-electron chi connectivity index (χ2n) is 8.24. The number of hydrogen-bond acceptors (Lipinski definition) is 6. The Kier molecular flexibility index (Phi) is 5.52. The first-order valence-electron chi connectivity index (χ1n) is 9.38. The van der Waals surface area contributed by atoms with Crippen molar-refractivity contribution in [3.63, 3.8) is 0 Å². The highest BCUT2D eigenvalue weighted by molar-refractivity contribution is 7.13. The Hall–Kier alpha value is -2.35. The van der Waals surface area contributed by atoms with Crippen LogP contribution in [0.15, 0.2) is 21.9 Å². The summed E-state index contributed by atoms with van der Waals surface area (Å²) in [6.07, 6.45) is -0.345. The molecule has 1 aliphatic rings. The van der Waals surface area contributed by atoms with Crippen molar-refractivity contribution in [1.82, 2.24) is 14.8 Å². The van der Waals surface area contributed by atoms with Crippen LogP contribution in [0.3, 0.4) is 0 Å². The summed E-state index contributed by atoms with van der Waals surface area (Å²) in [4.78, 5) is 33.4. The number of carbonyl (C=O) groups excluding carboxylic acids is 2. The largest absolute Gasteiger partial charge is 0.459 e. The molecule has 0 aromatic carbocycles. The lowest BCUT2D eigenvalue weighted by molar-refractivity contribution is -0.00501. The van der Waals surface area contributed by atoms with E-state index in [0.29, 0.717) is 29.6 Å². The molecule has 2 unspecified atom stereocenters. The minimum absolute atomic E-state index is 0.130. The number of amides is 2. The predicted molar refractivity (Wildman–Crippen MR) is 107 cm³/mol. The van der Waals surface area contributed by atoms with Gasteiger partial charge in [-0.05, 0) is 53.7 Å². The molecule has 2 aromatic rings. The lowest BCUT2D eigenvalue weighted by atomic mass is 10.1. The van der Waals surface area contributed by atoms with Crippen LogP contribution in [0.4, 0.5) is 4.79 Å². The quantitative estimate of drug-likeness (QED) is 0.749. The number of aryl methyl sites for hydroxylation is 1. The fraction of sp³-hybridized carbons (Fsp3) is 0.550. The van der Waals surface area contributed by atoms with Crippen molar-refractivity contribution in [1.29, 1.82) is 0 Å². The number of thiazole rings is 1. The SMILES string of the molecule is Cc1ccc(-c2nc(C(=O)N3C(C)CN(C(=O)OC(C)(C)C)CC3C)cs2)o1. The minimum atomic E-state index is -0.544. The van der Waals surface area contributed by atoms with E-state index >= 15 is 0 Å². The molecule has 152 valence electrons. The highest BCUT2D eigenvalue weighted by Crippen LogP contribution is 2.27. The Bertz CT molecular complexity index is 855. The number of hydrogen-bond donors (Lipinski definition) is 0. The lowest BCUT2D eigenvalue weighted by Gasteiger charge is -2.44. The Morgan fingerprint density at radius 3 is 2.39 bits per heavy atom. The molecule has 1 aliphatic heterocycles. The molecule has 1 saturated heterocycles. The van der Waals surface area contributed by atoms with Crippen molar-refractivity contribution in [3.05, 3.63) is 29.0 Å². The summed E-state index contributed by atoms with van der Waals surface area (Å²) < 4.78 is 11.1. The van der Waals surface area contributed by atoms with Crippen molar-refractivity contribution in [2.24, 2.45) is 0 Å². The van der Waals surface area contributed by atoms with Gasteiger partial charge < -0.3 is 19.0 Å². The van der Waals surface area contributed by atoms with Gasteiger partial charge in [0.05, 0.1) is 0 Å². The topological polar surface area (TPSA) is 75.9 Å². The van der Waals surface area contributed by atoms with Gasteiger partial charge in [0.25, 0.3) is 5.91 Å². The number of furan rings is 1. The summed E-state index contributed by atoms with van der Waals surface area (Å²) in [6, 6.07) is 3.45. The monoisotopic (exact) mass is 405 g/mol. The first-order valence-corrected chi connectivity index (χ1v) is 10.3. The molecule has 0 saturated carbocycles. The van der Waals surface area contributed by atoms with E-state index in [1.807, 2.05) is 53.7 Å². The van der Waals surface area contributed by atoms with E-state index in [1.54, 1.807) is 15.2 Å². The van der Waals surface area contributed by atoms with Crippen molar-refractivity contribution in [2.45, 2.75) is 59.2 Å². The Balaban J connectivity index is 1.71. The van der Waals surface area contributed by atoms with Crippen LogP contribution in [0.1, 0.15) is 50.9 Å². The average molecular weight is 406 g/mol. The lowest BCUT2D eigenvalue weighted by Crippen LogP contribution is -2.60. The van der Waals surface area contributed by atoms with E-state index in [2.05, 4.69) is 4.98 Å². The Morgan fingerprint density at radius 2 is 1.86 bits per heavy atom. The smallest absolute Gasteiger partial charge is 0.410 e. The second kappa shape index (κ2) is 7.58. The van der Waals surface area contributed by atoms with Crippen LogP contribution in [0, 0.1) is 6.92 Å². The molecule has 3 rings (SSSR count). The fourth-order valence-corrected chi connectivity index (χ4v) is 4.12. The normalized spacial score (nSPS) is 20.4. The van der Waals surface area contributed by atoms with E-state index in [0.717, 1.165) is 5.76 Å².